The second-order valence-corrected chi connectivity index (χ2v) is 8.00. The van der Waals surface area contributed by atoms with Crippen LogP contribution in [0.25, 0.3) is 0 Å². The Kier molecular flexibility index (Phi) is 8.27. The summed E-state index contributed by atoms with van der Waals surface area (Å²) >= 11 is 12.4. The number of nitrogens with one attached hydrogen (secondary N) is 2. The average molecular weight is 390 g/mol. The molecule has 126 valence electrons. The Morgan fingerprint density at radius 3 is 2.41 bits per heavy atom. The van der Waals surface area contributed by atoms with Crippen molar-refractivity contribution < 1.29 is 14.0 Å². The number of aryl methyl sites for hydroxylation is 1. The summed E-state index contributed by atoms with van der Waals surface area (Å²) in [5.74, 6) is 0.505. The van der Waals surface area contributed by atoms with Crippen LogP contribution in [0.2, 0.25) is 0 Å². The summed E-state index contributed by atoms with van der Waals surface area (Å²) in [6, 6.07) is 0. The van der Waals surface area contributed by atoms with Gasteiger partial charge in [0.05, 0.1) is 4.92 Å². The number of alkyl halides is 2. The van der Waals surface area contributed by atoms with Gasteiger partial charge in [-0.2, -0.15) is 0 Å². The number of halogens is 2. The number of hydrogen-bond acceptors (Lipinski definition) is 5. The van der Waals surface area contributed by atoms with Crippen molar-refractivity contribution >= 4 is 47.9 Å². The Hall–Kier alpha value is -0.210. The number of rotatable bonds is 10. The molecule has 1 atom stereocenters. The van der Waals surface area contributed by atoms with Gasteiger partial charge in [-0.3, -0.25) is 19.2 Å². The lowest BCUT2D eigenvalue weighted by Gasteiger charge is -2.23. The van der Waals surface area contributed by atoms with Crippen LogP contribution in [0.5, 0.6) is 0 Å². The molecule has 0 spiro atoms. The van der Waals surface area contributed by atoms with Crippen LogP contribution in [0.4, 0.5) is 5.69 Å². The predicted octanol–water partition coefficient (Wildman–Crippen LogP) is 3.81. The van der Waals surface area contributed by atoms with Gasteiger partial charge in [-0.25, -0.2) is 10.2 Å². The van der Waals surface area contributed by atoms with Crippen LogP contribution < -0.4 is 10.2 Å². The maximum absolute atomic E-state index is 12.7. The lowest BCUT2D eigenvalue weighted by Crippen LogP contribution is -2.27. The van der Waals surface area contributed by atoms with Gasteiger partial charge in [-0.1, -0.05) is 0 Å². The second-order valence-electron chi connectivity index (χ2n) is 4.38. The Morgan fingerprint density at radius 2 is 1.95 bits per heavy atom. The molecule has 22 heavy (non-hydrogen) atoms. The second kappa shape index (κ2) is 9.17. The molecular formula is C11H18Cl2N3O4PS. The third-order valence-corrected chi connectivity index (χ3v) is 6.18. The molecule has 0 bridgehead atoms. The summed E-state index contributed by atoms with van der Waals surface area (Å²) in [6.07, 6.45) is -0.712. The van der Waals surface area contributed by atoms with Crippen molar-refractivity contribution in [1.29, 1.82) is 0 Å². The smallest absolute Gasteiger partial charge is 0.297 e. The number of nitrogens with zero attached hydrogens (tertiary/aromatic N) is 1. The van der Waals surface area contributed by atoms with Crippen LogP contribution in [0, 0.1) is 17.0 Å². The molecule has 0 aliphatic rings. The van der Waals surface area contributed by atoms with E-state index < -0.39 is 18.7 Å². The quantitative estimate of drug-likeness (QED) is 0.273. The lowest BCUT2D eigenvalue weighted by molar-refractivity contribution is -0.386. The van der Waals surface area contributed by atoms with E-state index in [1.165, 1.54) is 11.3 Å². The van der Waals surface area contributed by atoms with Crippen molar-refractivity contribution in [2.45, 2.75) is 20.0 Å². The first-order valence-electron chi connectivity index (χ1n) is 6.47. The Balaban J connectivity index is 2.93. The van der Waals surface area contributed by atoms with E-state index in [4.69, 9.17) is 27.7 Å². The topological polar surface area (TPSA) is 93.5 Å². The van der Waals surface area contributed by atoms with Gasteiger partial charge in [0.1, 0.15) is 11.0 Å². The molecule has 11 heteroatoms. The third kappa shape index (κ3) is 5.45. The third-order valence-electron chi connectivity index (χ3n) is 2.66. The molecule has 0 aliphatic heterocycles. The van der Waals surface area contributed by atoms with Crippen molar-refractivity contribution in [1.82, 2.24) is 10.2 Å². The minimum Gasteiger partial charge on any atom is -0.297 e. The number of thiophene rings is 1. The average Bonchev–Trinajstić information content (AvgIpc) is 2.85. The van der Waals surface area contributed by atoms with E-state index in [0.717, 1.165) is 0 Å². The Bertz CT molecular complexity index is 545. The maximum atomic E-state index is 12.7. The van der Waals surface area contributed by atoms with E-state index in [9.17, 15) is 14.7 Å². The molecule has 1 rings (SSSR count). The first-order valence-corrected chi connectivity index (χ1v) is 10.0. The fraction of sp³-hybridized carbons (Fsp3) is 0.636. The first-order chi connectivity index (χ1) is 10.3. The van der Waals surface area contributed by atoms with Crippen LogP contribution >= 0.6 is 42.2 Å². The molecule has 0 saturated heterocycles. The van der Waals surface area contributed by atoms with Crippen LogP contribution in [0.15, 0.2) is 5.38 Å². The van der Waals surface area contributed by atoms with Gasteiger partial charge in [-0.15, -0.1) is 34.5 Å². The van der Waals surface area contributed by atoms with Crippen LogP contribution in [-0.4, -0.2) is 29.8 Å². The van der Waals surface area contributed by atoms with Crippen LogP contribution in [0.3, 0.4) is 0 Å². The molecule has 1 heterocycles. The zero-order valence-electron chi connectivity index (χ0n) is 12.2. The fourth-order valence-electron chi connectivity index (χ4n) is 1.76. The zero-order valence-corrected chi connectivity index (χ0v) is 15.4. The largest absolute Gasteiger partial charge is 0.341 e. The molecule has 0 radical (unpaired) electrons. The molecule has 0 aliphatic carbocycles. The number of nitro groups is 1. The van der Waals surface area contributed by atoms with Gasteiger partial charge in [0.15, 0.2) is 0 Å². The molecule has 1 unspecified atom stereocenters. The zero-order chi connectivity index (χ0) is 16.8. The van der Waals surface area contributed by atoms with Crippen LogP contribution in [0.1, 0.15) is 23.5 Å². The first kappa shape index (κ1) is 19.8. The fourth-order valence-corrected chi connectivity index (χ4v) is 4.91. The van der Waals surface area contributed by atoms with E-state index >= 15 is 0 Å². The van der Waals surface area contributed by atoms with Crippen molar-refractivity contribution in [3.8, 4) is 0 Å². The minimum atomic E-state index is -3.40. The Morgan fingerprint density at radius 1 is 1.41 bits per heavy atom. The number of hydrogen-bond donors (Lipinski definition) is 2. The summed E-state index contributed by atoms with van der Waals surface area (Å²) in [5, 5.41) is 18.2. The summed E-state index contributed by atoms with van der Waals surface area (Å²) in [5.41, 5.74) is 0.552. The van der Waals surface area contributed by atoms with Crippen molar-refractivity contribution in [2.24, 2.45) is 0 Å². The molecule has 0 amide bonds. The highest BCUT2D eigenvalue weighted by Gasteiger charge is 2.31. The van der Waals surface area contributed by atoms with E-state index in [1.54, 1.807) is 19.2 Å². The Labute approximate surface area is 143 Å². The summed E-state index contributed by atoms with van der Waals surface area (Å²) < 4.78 is 18.2. The molecule has 0 saturated carbocycles. The highest BCUT2D eigenvalue weighted by molar-refractivity contribution is 7.54. The standard InChI is InChI=1S/C11H18Cl2N3O4PS/c1-8-7-22-11(10(8)16(17)18)9(2)20-21(19,14-5-3-12)15-6-4-13/h7,9H,3-6H2,1-2H3,(H2,14,15,19). The van der Waals surface area contributed by atoms with Gasteiger partial charge in [0.2, 0.25) is 0 Å². The molecule has 1 aromatic rings. The minimum absolute atomic E-state index is 0.00117. The van der Waals surface area contributed by atoms with E-state index in [1.807, 2.05) is 0 Å². The van der Waals surface area contributed by atoms with Gasteiger partial charge >= 0.3 is 7.67 Å². The normalized spacial score (nSPS) is 13.3. The lowest BCUT2D eigenvalue weighted by atomic mass is 10.2. The maximum Gasteiger partial charge on any atom is 0.341 e. The van der Waals surface area contributed by atoms with Crippen molar-refractivity contribution in [3.63, 3.8) is 0 Å². The van der Waals surface area contributed by atoms with E-state index in [-0.39, 0.29) is 30.5 Å². The molecular weight excluding hydrogens is 372 g/mol. The van der Waals surface area contributed by atoms with Gasteiger partial charge in [0.25, 0.3) is 5.69 Å². The summed E-state index contributed by atoms with van der Waals surface area (Å²) in [7, 11) is -3.40. The van der Waals surface area contributed by atoms with Gasteiger partial charge in [-0.05, 0) is 13.8 Å². The van der Waals surface area contributed by atoms with Crippen molar-refractivity contribution in [2.75, 3.05) is 24.8 Å². The molecule has 1 aromatic heterocycles. The summed E-state index contributed by atoms with van der Waals surface area (Å²) in [6.45, 7) is 3.82. The van der Waals surface area contributed by atoms with E-state index in [0.29, 0.717) is 10.4 Å². The van der Waals surface area contributed by atoms with Gasteiger partial charge in [0, 0.05) is 35.8 Å². The predicted molar refractivity (Wildman–Crippen MR) is 90.3 cm³/mol. The van der Waals surface area contributed by atoms with E-state index in [2.05, 4.69) is 10.2 Å². The monoisotopic (exact) mass is 389 g/mol. The molecule has 7 nitrogen and oxygen atoms in total. The highest BCUT2D eigenvalue weighted by Crippen LogP contribution is 2.46. The SMILES string of the molecule is Cc1csc(C(C)OP(=O)(NCCCl)NCCCl)c1[N+](=O)[O-]. The molecule has 0 aromatic carbocycles. The van der Waals surface area contributed by atoms with Crippen molar-refractivity contribution in [3.05, 3.63) is 25.9 Å². The molecule has 0 fully saturated rings. The highest BCUT2D eigenvalue weighted by atomic mass is 35.5. The summed E-state index contributed by atoms with van der Waals surface area (Å²) in [4.78, 5) is 11.1. The van der Waals surface area contributed by atoms with Gasteiger partial charge < -0.3 is 0 Å². The molecule has 2 N–H and O–H groups in total. The van der Waals surface area contributed by atoms with Crippen LogP contribution in [-0.2, 0) is 9.09 Å².